The molecule has 1 aromatic carbocycles. The zero-order valence-electron chi connectivity index (χ0n) is 7.81. The van der Waals surface area contributed by atoms with Gasteiger partial charge in [0.15, 0.2) is 0 Å². The molecule has 0 amide bonds. The maximum atomic E-state index is 13.0. The van der Waals surface area contributed by atoms with Gasteiger partial charge in [0, 0.05) is 12.2 Å². The number of hydrogen-bond donors (Lipinski definition) is 1. The van der Waals surface area contributed by atoms with E-state index in [0.717, 1.165) is 18.7 Å². The average molecular weight is 179 g/mol. The predicted octanol–water partition coefficient (Wildman–Crippen LogP) is 3.12. The summed E-state index contributed by atoms with van der Waals surface area (Å²) in [6.45, 7) is 6.16. The molecule has 0 saturated heterocycles. The number of anilines is 1. The Balaban J connectivity index is 2.57. The van der Waals surface area contributed by atoms with Crippen molar-refractivity contribution in [1.82, 2.24) is 0 Å². The van der Waals surface area contributed by atoms with Crippen molar-refractivity contribution in [1.29, 1.82) is 0 Å². The Morgan fingerprint density at radius 3 is 2.92 bits per heavy atom. The molecule has 0 heterocycles. The smallest absolute Gasteiger partial charge is 0.128 e. The molecule has 0 aromatic heterocycles. The van der Waals surface area contributed by atoms with Gasteiger partial charge in [-0.2, -0.15) is 0 Å². The van der Waals surface area contributed by atoms with Crippen LogP contribution in [0, 0.1) is 12.7 Å². The molecule has 0 unspecified atom stereocenters. The molecule has 0 bridgehead atoms. The topological polar surface area (TPSA) is 12.0 Å². The highest BCUT2D eigenvalue weighted by atomic mass is 19.1. The molecular weight excluding hydrogens is 165 g/mol. The minimum atomic E-state index is -0.163. The number of nitrogens with one attached hydrogen (secondary N) is 1. The van der Waals surface area contributed by atoms with Gasteiger partial charge in [-0.25, -0.2) is 4.39 Å². The molecule has 0 fully saturated rings. The molecule has 0 aliphatic carbocycles. The summed E-state index contributed by atoms with van der Waals surface area (Å²) < 4.78 is 13.0. The largest absolute Gasteiger partial charge is 0.385 e. The Hall–Kier alpha value is -1.31. The zero-order chi connectivity index (χ0) is 9.68. The number of benzene rings is 1. The van der Waals surface area contributed by atoms with Crippen molar-refractivity contribution in [3.8, 4) is 0 Å². The number of aryl methyl sites for hydroxylation is 1. The van der Waals surface area contributed by atoms with Crippen LogP contribution in [0.2, 0.25) is 0 Å². The summed E-state index contributed by atoms with van der Waals surface area (Å²) in [7, 11) is 0. The van der Waals surface area contributed by atoms with E-state index in [1.165, 1.54) is 6.07 Å². The van der Waals surface area contributed by atoms with Crippen molar-refractivity contribution in [3.63, 3.8) is 0 Å². The zero-order valence-corrected chi connectivity index (χ0v) is 7.81. The quantitative estimate of drug-likeness (QED) is 0.553. The fourth-order valence-electron chi connectivity index (χ4n) is 1.02. The predicted molar refractivity (Wildman–Crippen MR) is 54.4 cm³/mol. The summed E-state index contributed by atoms with van der Waals surface area (Å²) in [6.07, 6.45) is 2.72. The molecule has 0 saturated carbocycles. The van der Waals surface area contributed by atoms with Gasteiger partial charge < -0.3 is 5.32 Å². The van der Waals surface area contributed by atoms with E-state index in [9.17, 15) is 4.39 Å². The van der Waals surface area contributed by atoms with E-state index in [1.807, 2.05) is 12.1 Å². The lowest BCUT2D eigenvalue weighted by Crippen LogP contribution is -2.00. The van der Waals surface area contributed by atoms with E-state index in [0.29, 0.717) is 5.56 Å². The van der Waals surface area contributed by atoms with Crippen LogP contribution in [0.3, 0.4) is 0 Å². The first kappa shape index (κ1) is 9.78. The molecule has 1 nitrogen and oxygen atoms in total. The Kier molecular flexibility index (Phi) is 3.50. The average Bonchev–Trinajstić information content (AvgIpc) is 2.12. The summed E-state index contributed by atoms with van der Waals surface area (Å²) in [6, 6.07) is 5.16. The van der Waals surface area contributed by atoms with E-state index < -0.39 is 0 Å². The molecule has 13 heavy (non-hydrogen) atoms. The summed E-state index contributed by atoms with van der Waals surface area (Å²) in [5.74, 6) is -0.163. The monoisotopic (exact) mass is 179 g/mol. The van der Waals surface area contributed by atoms with Gasteiger partial charge in [0.05, 0.1) is 0 Å². The first-order valence-corrected chi connectivity index (χ1v) is 4.35. The third-order valence-corrected chi connectivity index (χ3v) is 1.85. The van der Waals surface area contributed by atoms with Crippen molar-refractivity contribution in [3.05, 3.63) is 42.2 Å². The summed E-state index contributed by atoms with van der Waals surface area (Å²) in [5, 5.41) is 3.10. The highest BCUT2D eigenvalue weighted by molar-refractivity contribution is 5.45. The Bertz CT molecular complexity index is 294. The van der Waals surface area contributed by atoms with Gasteiger partial charge in [-0.3, -0.25) is 0 Å². The van der Waals surface area contributed by atoms with Gasteiger partial charge in [0.25, 0.3) is 0 Å². The molecule has 0 radical (unpaired) electrons. The molecule has 1 rings (SSSR count). The van der Waals surface area contributed by atoms with E-state index >= 15 is 0 Å². The Morgan fingerprint density at radius 2 is 2.31 bits per heavy atom. The summed E-state index contributed by atoms with van der Waals surface area (Å²) >= 11 is 0. The molecule has 0 aliphatic heterocycles. The minimum Gasteiger partial charge on any atom is -0.385 e. The summed E-state index contributed by atoms with van der Waals surface area (Å²) in [5.41, 5.74) is 1.50. The Morgan fingerprint density at radius 1 is 1.54 bits per heavy atom. The SMILES string of the molecule is C=CCCNc1ccc(C)c(F)c1. The number of rotatable bonds is 4. The minimum absolute atomic E-state index is 0.163. The number of halogens is 1. The first-order valence-electron chi connectivity index (χ1n) is 4.35. The molecule has 0 aliphatic rings. The van der Waals surface area contributed by atoms with Gasteiger partial charge in [0.2, 0.25) is 0 Å². The van der Waals surface area contributed by atoms with E-state index in [1.54, 1.807) is 13.0 Å². The van der Waals surface area contributed by atoms with Gasteiger partial charge in [-0.05, 0) is 31.0 Å². The first-order chi connectivity index (χ1) is 6.24. The van der Waals surface area contributed by atoms with Crippen molar-refractivity contribution in [2.24, 2.45) is 0 Å². The molecule has 1 aromatic rings. The van der Waals surface area contributed by atoms with Crippen LogP contribution in [0.4, 0.5) is 10.1 Å². The lowest BCUT2D eigenvalue weighted by Gasteiger charge is -2.05. The molecule has 2 heteroatoms. The van der Waals surface area contributed by atoms with Crippen LogP contribution in [0.1, 0.15) is 12.0 Å². The lowest BCUT2D eigenvalue weighted by molar-refractivity contribution is 0.619. The molecule has 70 valence electrons. The van der Waals surface area contributed by atoms with Crippen molar-refractivity contribution < 1.29 is 4.39 Å². The highest BCUT2D eigenvalue weighted by Gasteiger charge is 1.97. The molecule has 0 atom stereocenters. The van der Waals surface area contributed by atoms with Crippen LogP contribution < -0.4 is 5.32 Å². The second kappa shape index (κ2) is 4.65. The molecule has 0 spiro atoms. The van der Waals surface area contributed by atoms with E-state index in [4.69, 9.17) is 0 Å². The molecular formula is C11H14FN. The van der Waals surface area contributed by atoms with Gasteiger partial charge in [-0.1, -0.05) is 12.1 Å². The second-order valence-electron chi connectivity index (χ2n) is 2.97. The standard InChI is InChI=1S/C11H14FN/c1-3-4-7-13-10-6-5-9(2)11(12)8-10/h3,5-6,8,13H,1,4,7H2,2H3. The van der Waals surface area contributed by atoms with Crippen LogP contribution in [0.5, 0.6) is 0 Å². The van der Waals surface area contributed by atoms with E-state index in [-0.39, 0.29) is 5.82 Å². The highest BCUT2D eigenvalue weighted by Crippen LogP contribution is 2.13. The van der Waals surface area contributed by atoms with Crippen LogP contribution >= 0.6 is 0 Å². The maximum Gasteiger partial charge on any atom is 0.128 e. The van der Waals surface area contributed by atoms with E-state index in [2.05, 4.69) is 11.9 Å². The van der Waals surface area contributed by atoms with Gasteiger partial charge >= 0.3 is 0 Å². The third-order valence-electron chi connectivity index (χ3n) is 1.85. The van der Waals surface area contributed by atoms with Gasteiger partial charge in [-0.15, -0.1) is 6.58 Å². The van der Waals surface area contributed by atoms with Crippen LogP contribution in [-0.2, 0) is 0 Å². The fourth-order valence-corrected chi connectivity index (χ4v) is 1.02. The fraction of sp³-hybridized carbons (Fsp3) is 0.273. The van der Waals surface area contributed by atoms with Crippen LogP contribution in [0.15, 0.2) is 30.9 Å². The van der Waals surface area contributed by atoms with Gasteiger partial charge in [0.1, 0.15) is 5.82 Å². The Labute approximate surface area is 78.3 Å². The summed E-state index contributed by atoms with van der Waals surface area (Å²) in [4.78, 5) is 0. The van der Waals surface area contributed by atoms with Crippen molar-refractivity contribution in [2.45, 2.75) is 13.3 Å². The van der Waals surface area contributed by atoms with Crippen LogP contribution in [0.25, 0.3) is 0 Å². The van der Waals surface area contributed by atoms with Crippen molar-refractivity contribution in [2.75, 3.05) is 11.9 Å². The normalized spacial score (nSPS) is 9.69. The lowest BCUT2D eigenvalue weighted by atomic mass is 10.2. The third kappa shape index (κ3) is 2.90. The number of hydrogen-bond acceptors (Lipinski definition) is 1. The van der Waals surface area contributed by atoms with Crippen molar-refractivity contribution >= 4 is 5.69 Å². The maximum absolute atomic E-state index is 13.0. The molecule has 1 N–H and O–H groups in total. The second-order valence-corrected chi connectivity index (χ2v) is 2.97. The van der Waals surface area contributed by atoms with Crippen LogP contribution in [-0.4, -0.2) is 6.54 Å².